The number of aryl methyl sites for hydroxylation is 1. The molecule has 0 radical (unpaired) electrons. The summed E-state index contributed by atoms with van der Waals surface area (Å²) in [6.07, 6.45) is -4.11. The maximum Gasteiger partial charge on any atom is 0.471 e. The van der Waals surface area contributed by atoms with Crippen LogP contribution in [-0.4, -0.2) is 41.8 Å². The Balaban J connectivity index is 3.37. The standard InChI is InChI=1S/C13H15F3N2O5/c1-4-22-10(19)7-6-18(3)9(11(20)23-5-2)8(7)17-12(21)13(14,15)16/h6H,4-5H2,1-3H3,(H,17,21). The van der Waals surface area contributed by atoms with Crippen LogP contribution in [0.5, 0.6) is 0 Å². The van der Waals surface area contributed by atoms with Gasteiger partial charge in [0, 0.05) is 13.2 Å². The number of nitrogens with one attached hydrogen (secondary N) is 1. The average Bonchev–Trinajstić information content (AvgIpc) is 2.75. The number of alkyl halides is 3. The highest BCUT2D eigenvalue weighted by atomic mass is 19.4. The van der Waals surface area contributed by atoms with Crippen LogP contribution in [0.2, 0.25) is 0 Å². The van der Waals surface area contributed by atoms with Gasteiger partial charge in [-0.2, -0.15) is 13.2 Å². The van der Waals surface area contributed by atoms with E-state index in [4.69, 9.17) is 9.47 Å². The third-order valence-corrected chi connectivity index (χ3v) is 2.64. The number of ether oxygens (including phenoxy) is 2. The lowest BCUT2D eigenvalue weighted by Gasteiger charge is -2.11. The molecule has 0 spiro atoms. The van der Waals surface area contributed by atoms with Gasteiger partial charge < -0.3 is 19.4 Å². The van der Waals surface area contributed by atoms with Crippen molar-refractivity contribution in [3.63, 3.8) is 0 Å². The van der Waals surface area contributed by atoms with E-state index >= 15 is 0 Å². The molecular weight excluding hydrogens is 321 g/mol. The molecular formula is C13H15F3N2O5. The number of rotatable bonds is 5. The van der Waals surface area contributed by atoms with Crippen LogP contribution in [0.15, 0.2) is 6.20 Å². The van der Waals surface area contributed by atoms with Crippen molar-refractivity contribution in [2.75, 3.05) is 18.5 Å². The van der Waals surface area contributed by atoms with Crippen molar-refractivity contribution in [2.24, 2.45) is 7.05 Å². The molecule has 1 rings (SSSR count). The molecule has 1 heterocycles. The van der Waals surface area contributed by atoms with Crippen LogP contribution in [0, 0.1) is 0 Å². The quantitative estimate of drug-likeness (QED) is 0.830. The van der Waals surface area contributed by atoms with Gasteiger partial charge in [0.15, 0.2) is 5.69 Å². The number of esters is 2. The largest absolute Gasteiger partial charge is 0.471 e. The van der Waals surface area contributed by atoms with Crippen LogP contribution < -0.4 is 5.32 Å². The molecule has 0 saturated carbocycles. The van der Waals surface area contributed by atoms with Gasteiger partial charge >= 0.3 is 24.0 Å². The van der Waals surface area contributed by atoms with Crippen LogP contribution >= 0.6 is 0 Å². The number of nitrogens with zero attached hydrogens (tertiary/aromatic N) is 1. The molecule has 1 aromatic heterocycles. The molecule has 128 valence electrons. The van der Waals surface area contributed by atoms with Gasteiger partial charge in [0.05, 0.1) is 18.9 Å². The van der Waals surface area contributed by atoms with Gasteiger partial charge in [-0.3, -0.25) is 4.79 Å². The third kappa shape index (κ3) is 4.24. The van der Waals surface area contributed by atoms with Crippen molar-refractivity contribution >= 4 is 23.5 Å². The van der Waals surface area contributed by atoms with E-state index < -0.39 is 35.4 Å². The van der Waals surface area contributed by atoms with Gasteiger partial charge in [-0.25, -0.2) is 9.59 Å². The molecule has 0 unspecified atom stereocenters. The van der Waals surface area contributed by atoms with Gasteiger partial charge in [-0.15, -0.1) is 0 Å². The second kappa shape index (κ2) is 7.16. The Kier molecular flexibility index (Phi) is 5.77. The molecule has 1 amide bonds. The van der Waals surface area contributed by atoms with Crippen molar-refractivity contribution in [2.45, 2.75) is 20.0 Å². The summed E-state index contributed by atoms with van der Waals surface area (Å²) in [6.45, 7) is 2.93. The van der Waals surface area contributed by atoms with Crippen LogP contribution in [-0.2, 0) is 21.3 Å². The summed E-state index contributed by atoms with van der Waals surface area (Å²) in [7, 11) is 1.32. The molecule has 1 aromatic rings. The number of anilines is 1. The summed E-state index contributed by atoms with van der Waals surface area (Å²) in [4.78, 5) is 34.9. The van der Waals surface area contributed by atoms with Gasteiger partial charge in [-0.05, 0) is 13.8 Å². The van der Waals surface area contributed by atoms with Crippen LogP contribution in [0.3, 0.4) is 0 Å². The van der Waals surface area contributed by atoms with E-state index in [1.54, 1.807) is 0 Å². The summed E-state index contributed by atoms with van der Waals surface area (Å²) in [5, 5.41) is 1.53. The minimum Gasteiger partial charge on any atom is -0.462 e. The van der Waals surface area contributed by atoms with E-state index in [2.05, 4.69) is 0 Å². The molecule has 0 aliphatic rings. The van der Waals surface area contributed by atoms with Gasteiger partial charge in [0.2, 0.25) is 0 Å². The monoisotopic (exact) mass is 336 g/mol. The fourth-order valence-corrected chi connectivity index (χ4v) is 1.75. The van der Waals surface area contributed by atoms with E-state index in [1.807, 2.05) is 0 Å². The Labute approximate surface area is 129 Å². The Morgan fingerprint density at radius 2 is 1.65 bits per heavy atom. The number of amides is 1. The van der Waals surface area contributed by atoms with E-state index in [0.29, 0.717) is 0 Å². The number of carbonyl (C=O) groups excluding carboxylic acids is 3. The normalized spacial score (nSPS) is 11.0. The lowest BCUT2D eigenvalue weighted by molar-refractivity contribution is -0.167. The average molecular weight is 336 g/mol. The van der Waals surface area contributed by atoms with Crippen molar-refractivity contribution in [1.29, 1.82) is 0 Å². The van der Waals surface area contributed by atoms with E-state index in [0.717, 1.165) is 10.8 Å². The summed E-state index contributed by atoms with van der Waals surface area (Å²) in [5.41, 5.74) is -1.38. The summed E-state index contributed by atoms with van der Waals surface area (Å²) < 4.78 is 47.9. The molecule has 0 fully saturated rings. The van der Waals surface area contributed by atoms with Crippen molar-refractivity contribution in [3.05, 3.63) is 17.5 Å². The molecule has 10 heteroatoms. The Morgan fingerprint density at radius 1 is 1.13 bits per heavy atom. The number of carbonyl (C=O) groups is 3. The first kappa shape index (κ1) is 18.5. The first-order valence-corrected chi connectivity index (χ1v) is 6.55. The number of aromatic nitrogens is 1. The van der Waals surface area contributed by atoms with E-state index in [1.165, 1.54) is 26.2 Å². The first-order chi connectivity index (χ1) is 10.6. The number of halogens is 3. The second-order valence-corrected chi connectivity index (χ2v) is 4.27. The molecule has 23 heavy (non-hydrogen) atoms. The molecule has 0 aliphatic carbocycles. The maximum atomic E-state index is 12.5. The van der Waals surface area contributed by atoms with Crippen molar-refractivity contribution in [3.8, 4) is 0 Å². The van der Waals surface area contributed by atoms with E-state index in [-0.39, 0.29) is 18.8 Å². The Morgan fingerprint density at radius 3 is 2.13 bits per heavy atom. The fraction of sp³-hybridized carbons (Fsp3) is 0.462. The lowest BCUT2D eigenvalue weighted by atomic mass is 10.2. The van der Waals surface area contributed by atoms with Gasteiger partial charge in [-0.1, -0.05) is 0 Å². The summed E-state index contributed by atoms with van der Waals surface area (Å²) >= 11 is 0. The predicted octanol–water partition coefficient (Wildman–Crippen LogP) is 1.88. The van der Waals surface area contributed by atoms with Crippen LogP contribution in [0.4, 0.5) is 18.9 Å². The molecule has 0 saturated heterocycles. The summed E-state index contributed by atoms with van der Waals surface area (Å²) in [5.74, 6) is -4.28. The second-order valence-electron chi connectivity index (χ2n) is 4.27. The molecule has 0 aliphatic heterocycles. The minimum atomic E-state index is -5.19. The maximum absolute atomic E-state index is 12.5. The highest BCUT2D eigenvalue weighted by Crippen LogP contribution is 2.27. The Bertz CT molecular complexity index is 622. The van der Waals surface area contributed by atoms with Crippen molar-refractivity contribution < 1.29 is 37.0 Å². The fourth-order valence-electron chi connectivity index (χ4n) is 1.75. The molecule has 1 N–H and O–H groups in total. The highest BCUT2D eigenvalue weighted by Gasteiger charge is 2.40. The molecule has 0 bridgehead atoms. The smallest absolute Gasteiger partial charge is 0.462 e. The van der Waals surface area contributed by atoms with Gasteiger partial charge in [0.25, 0.3) is 0 Å². The van der Waals surface area contributed by atoms with Crippen LogP contribution in [0.1, 0.15) is 34.7 Å². The topological polar surface area (TPSA) is 86.6 Å². The zero-order chi connectivity index (χ0) is 17.8. The minimum absolute atomic E-state index is 0.0326. The number of hydrogen-bond donors (Lipinski definition) is 1. The van der Waals surface area contributed by atoms with Gasteiger partial charge in [0.1, 0.15) is 5.56 Å². The third-order valence-electron chi connectivity index (χ3n) is 2.64. The van der Waals surface area contributed by atoms with E-state index in [9.17, 15) is 27.6 Å². The lowest BCUT2D eigenvalue weighted by Crippen LogP contribution is -2.31. The summed E-state index contributed by atoms with van der Waals surface area (Å²) in [6, 6.07) is 0. The van der Waals surface area contributed by atoms with Crippen LogP contribution in [0.25, 0.3) is 0 Å². The SMILES string of the molecule is CCOC(=O)c1cn(C)c(C(=O)OCC)c1NC(=O)C(F)(F)F. The number of hydrogen-bond acceptors (Lipinski definition) is 5. The first-order valence-electron chi connectivity index (χ1n) is 6.55. The highest BCUT2D eigenvalue weighted by molar-refractivity contribution is 6.09. The molecule has 0 aromatic carbocycles. The van der Waals surface area contributed by atoms with Crippen molar-refractivity contribution in [1.82, 2.24) is 4.57 Å². The zero-order valence-electron chi connectivity index (χ0n) is 12.6. The Hall–Kier alpha value is -2.52. The molecule has 7 nitrogen and oxygen atoms in total. The predicted molar refractivity (Wildman–Crippen MR) is 72.0 cm³/mol. The molecule has 0 atom stereocenters. The zero-order valence-corrected chi connectivity index (χ0v) is 12.6.